The number of aromatic nitrogens is 1. The van der Waals surface area contributed by atoms with Crippen molar-refractivity contribution in [1.29, 1.82) is 0 Å². The first-order valence-electron chi connectivity index (χ1n) is 12.3. The van der Waals surface area contributed by atoms with Gasteiger partial charge in [0.15, 0.2) is 17.5 Å². The van der Waals surface area contributed by atoms with E-state index in [-0.39, 0.29) is 18.5 Å². The minimum absolute atomic E-state index is 0.0313. The smallest absolute Gasteiger partial charge is 0.309 e. The first-order chi connectivity index (χ1) is 18.1. The first-order valence-corrected chi connectivity index (χ1v) is 12.3. The van der Waals surface area contributed by atoms with E-state index in [0.717, 1.165) is 34.2 Å². The van der Waals surface area contributed by atoms with Gasteiger partial charge in [-0.1, -0.05) is 11.8 Å². The van der Waals surface area contributed by atoms with Gasteiger partial charge in [-0.15, -0.1) is 0 Å². The standard InChI is InChI=1S/C29H29F3N2O4/c1-18-17-33-24-6-5-20(38-2)16-21(24)26(18)25(35)7-8-29(28(36)37)9-12-34(13-10-29)11-3-4-19-14-22(30)27(32)23(31)15-19/h5-6,14-17,25,35H,7-13H2,1-2H3,(H,36,37)/t25-/m1/s1. The number of carboxylic acid groups (broad SMARTS) is 1. The number of fused-ring (bicyclic) bond motifs is 1. The van der Waals surface area contributed by atoms with Crippen molar-refractivity contribution >= 4 is 16.9 Å². The highest BCUT2D eigenvalue weighted by atomic mass is 19.2. The van der Waals surface area contributed by atoms with Gasteiger partial charge in [-0.25, -0.2) is 13.2 Å². The van der Waals surface area contributed by atoms with Crippen molar-refractivity contribution in [3.8, 4) is 17.6 Å². The highest BCUT2D eigenvalue weighted by Crippen LogP contribution is 2.40. The molecule has 1 saturated heterocycles. The molecule has 2 heterocycles. The van der Waals surface area contributed by atoms with Crippen LogP contribution in [-0.2, 0) is 4.79 Å². The van der Waals surface area contributed by atoms with E-state index in [2.05, 4.69) is 16.8 Å². The van der Waals surface area contributed by atoms with Crippen molar-refractivity contribution in [1.82, 2.24) is 9.88 Å². The number of carbonyl (C=O) groups is 1. The maximum Gasteiger partial charge on any atom is 0.309 e. The van der Waals surface area contributed by atoms with Gasteiger partial charge in [-0.2, -0.15) is 0 Å². The van der Waals surface area contributed by atoms with E-state index in [9.17, 15) is 28.2 Å². The molecule has 200 valence electrons. The second-order valence-electron chi connectivity index (χ2n) is 9.71. The maximum atomic E-state index is 13.4. The molecular formula is C29H29F3N2O4. The molecule has 1 fully saturated rings. The topological polar surface area (TPSA) is 82.9 Å². The quantitative estimate of drug-likeness (QED) is 0.333. The monoisotopic (exact) mass is 526 g/mol. The van der Waals surface area contributed by atoms with Gasteiger partial charge in [0.25, 0.3) is 0 Å². The number of aryl methyl sites for hydroxylation is 1. The highest BCUT2D eigenvalue weighted by Gasteiger charge is 2.41. The SMILES string of the molecule is COc1ccc2ncc(C)c([C@H](O)CCC3(C(=O)O)CCN(CC#Cc4cc(F)c(F)c(F)c4)CC3)c2c1. The van der Waals surface area contributed by atoms with E-state index in [1.807, 2.05) is 24.0 Å². The Labute approximate surface area is 219 Å². The number of nitrogens with zero attached hydrogens (tertiary/aromatic N) is 2. The van der Waals surface area contributed by atoms with Crippen molar-refractivity contribution in [3.05, 3.63) is 70.7 Å². The fourth-order valence-corrected chi connectivity index (χ4v) is 5.01. The molecule has 2 N–H and O–H groups in total. The Morgan fingerprint density at radius 1 is 1.18 bits per heavy atom. The molecule has 4 rings (SSSR count). The van der Waals surface area contributed by atoms with Gasteiger partial charge >= 0.3 is 5.97 Å². The third-order valence-electron chi connectivity index (χ3n) is 7.33. The first kappa shape index (κ1) is 27.4. The number of hydrogen-bond acceptors (Lipinski definition) is 5. The lowest BCUT2D eigenvalue weighted by Crippen LogP contribution is -2.44. The highest BCUT2D eigenvalue weighted by molar-refractivity contribution is 5.85. The summed E-state index contributed by atoms with van der Waals surface area (Å²) >= 11 is 0. The van der Waals surface area contributed by atoms with Gasteiger partial charge in [0.2, 0.25) is 0 Å². The van der Waals surface area contributed by atoms with Crippen LogP contribution in [0.2, 0.25) is 0 Å². The van der Waals surface area contributed by atoms with Crippen LogP contribution in [0.4, 0.5) is 13.2 Å². The van der Waals surface area contributed by atoms with Crippen LogP contribution in [0.15, 0.2) is 36.5 Å². The third-order valence-corrected chi connectivity index (χ3v) is 7.33. The summed E-state index contributed by atoms with van der Waals surface area (Å²) in [5, 5.41) is 22.0. The van der Waals surface area contributed by atoms with Gasteiger partial charge in [0.05, 0.1) is 30.7 Å². The van der Waals surface area contributed by atoms with Crippen LogP contribution in [0, 0.1) is 41.6 Å². The Morgan fingerprint density at radius 2 is 1.87 bits per heavy atom. The summed E-state index contributed by atoms with van der Waals surface area (Å²) in [4.78, 5) is 18.7. The lowest BCUT2D eigenvalue weighted by Gasteiger charge is -2.38. The molecule has 1 aliphatic rings. The van der Waals surface area contributed by atoms with Crippen molar-refractivity contribution in [2.75, 3.05) is 26.7 Å². The summed E-state index contributed by atoms with van der Waals surface area (Å²) < 4.78 is 45.2. The minimum atomic E-state index is -1.53. The molecule has 6 nitrogen and oxygen atoms in total. The van der Waals surface area contributed by atoms with Crippen LogP contribution in [0.5, 0.6) is 5.75 Å². The number of aliphatic hydroxyl groups excluding tert-OH is 1. The molecule has 0 spiro atoms. The number of benzene rings is 2. The number of carboxylic acids is 1. The molecule has 3 aromatic rings. The molecule has 2 aromatic carbocycles. The Hall–Kier alpha value is -3.61. The molecule has 0 amide bonds. The lowest BCUT2D eigenvalue weighted by molar-refractivity contribution is -0.153. The molecule has 1 aliphatic heterocycles. The number of hydrogen-bond donors (Lipinski definition) is 2. The molecule has 0 aliphatic carbocycles. The largest absolute Gasteiger partial charge is 0.497 e. The van der Waals surface area contributed by atoms with Gasteiger partial charge in [-0.05, 0) is 74.1 Å². The predicted octanol–water partition coefficient (Wildman–Crippen LogP) is 5.00. The summed E-state index contributed by atoms with van der Waals surface area (Å²) in [6, 6.07) is 7.13. The molecule has 9 heteroatoms. The summed E-state index contributed by atoms with van der Waals surface area (Å²) in [6.45, 7) is 3.09. The molecular weight excluding hydrogens is 497 g/mol. The van der Waals surface area contributed by atoms with Crippen LogP contribution in [-0.4, -0.2) is 52.8 Å². The zero-order valence-electron chi connectivity index (χ0n) is 21.2. The number of halogens is 3. The Bertz CT molecular complexity index is 1390. The zero-order chi connectivity index (χ0) is 27.4. The number of rotatable bonds is 7. The molecule has 0 saturated carbocycles. The van der Waals surface area contributed by atoms with E-state index in [4.69, 9.17) is 4.74 Å². The molecule has 0 radical (unpaired) electrons. The molecule has 0 unspecified atom stereocenters. The zero-order valence-corrected chi connectivity index (χ0v) is 21.2. The number of ether oxygens (including phenoxy) is 1. The van der Waals surface area contributed by atoms with Crippen LogP contribution >= 0.6 is 0 Å². The number of likely N-dealkylation sites (tertiary alicyclic amines) is 1. The number of aliphatic carboxylic acids is 1. The molecule has 1 aromatic heterocycles. The Balaban J connectivity index is 1.41. The van der Waals surface area contributed by atoms with Crippen LogP contribution in [0.25, 0.3) is 10.9 Å². The Morgan fingerprint density at radius 3 is 2.50 bits per heavy atom. The van der Waals surface area contributed by atoms with E-state index < -0.39 is 34.9 Å². The number of methoxy groups -OCH3 is 1. The van der Waals surface area contributed by atoms with Crippen molar-refractivity contribution in [2.24, 2.45) is 5.41 Å². The summed E-state index contributed by atoms with van der Waals surface area (Å²) in [6.07, 6.45) is 2.15. The van der Waals surface area contributed by atoms with Crippen LogP contribution < -0.4 is 4.74 Å². The molecule has 0 bridgehead atoms. The van der Waals surface area contributed by atoms with Crippen LogP contribution in [0.3, 0.4) is 0 Å². The van der Waals surface area contributed by atoms with E-state index in [1.54, 1.807) is 19.4 Å². The van der Waals surface area contributed by atoms with Crippen molar-refractivity contribution < 1.29 is 32.9 Å². The number of aliphatic hydroxyl groups is 1. The summed E-state index contributed by atoms with van der Waals surface area (Å²) in [7, 11) is 1.57. The molecule has 38 heavy (non-hydrogen) atoms. The third kappa shape index (κ3) is 5.77. The second kappa shape index (κ2) is 11.4. The van der Waals surface area contributed by atoms with Gasteiger partial charge in [0.1, 0.15) is 5.75 Å². The minimum Gasteiger partial charge on any atom is -0.497 e. The fourth-order valence-electron chi connectivity index (χ4n) is 5.01. The van der Waals surface area contributed by atoms with Gasteiger partial charge in [0, 0.05) is 30.2 Å². The second-order valence-corrected chi connectivity index (χ2v) is 9.71. The Kier molecular flexibility index (Phi) is 8.24. The van der Waals surface area contributed by atoms with E-state index >= 15 is 0 Å². The normalized spacial score (nSPS) is 16.1. The molecule has 1 atom stereocenters. The van der Waals surface area contributed by atoms with Crippen LogP contribution in [0.1, 0.15) is 48.5 Å². The lowest BCUT2D eigenvalue weighted by atomic mass is 9.74. The number of piperidine rings is 1. The van der Waals surface area contributed by atoms with Gasteiger partial charge in [-0.3, -0.25) is 14.7 Å². The predicted molar refractivity (Wildman–Crippen MR) is 136 cm³/mol. The van der Waals surface area contributed by atoms with E-state index in [0.29, 0.717) is 38.1 Å². The van der Waals surface area contributed by atoms with Gasteiger partial charge < -0.3 is 14.9 Å². The summed E-state index contributed by atoms with van der Waals surface area (Å²) in [5.41, 5.74) is 1.30. The average Bonchev–Trinajstić information content (AvgIpc) is 2.90. The van der Waals surface area contributed by atoms with E-state index in [1.165, 1.54) is 0 Å². The number of pyridine rings is 1. The van der Waals surface area contributed by atoms with Crippen molar-refractivity contribution in [3.63, 3.8) is 0 Å². The van der Waals surface area contributed by atoms with Crippen molar-refractivity contribution in [2.45, 2.75) is 38.7 Å². The fraction of sp³-hybridized carbons (Fsp3) is 0.379. The summed E-state index contributed by atoms with van der Waals surface area (Å²) in [5.74, 6) is 1.07. The average molecular weight is 527 g/mol. The maximum absolute atomic E-state index is 13.4.